The van der Waals surface area contributed by atoms with E-state index in [2.05, 4.69) is 51.0 Å². The number of likely N-dealkylation sites (tertiary alicyclic amines) is 1. The summed E-state index contributed by atoms with van der Waals surface area (Å²) in [4.78, 5) is 14.4. The molecule has 2 atom stereocenters. The molecule has 3 rings (SSSR count). The van der Waals surface area contributed by atoms with E-state index in [1.165, 1.54) is 17.1 Å². The van der Waals surface area contributed by atoms with Gasteiger partial charge in [-0.25, -0.2) is 0 Å². The third kappa shape index (κ3) is 3.46. The average Bonchev–Trinajstić information content (AvgIpc) is 3.11. The van der Waals surface area contributed by atoms with Crippen LogP contribution in [0.5, 0.6) is 0 Å². The molecule has 1 aromatic heterocycles. The molecule has 0 bridgehead atoms. The normalized spacial score (nSPS) is 22.3. The van der Waals surface area contributed by atoms with E-state index in [0.29, 0.717) is 11.6 Å². The molecule has 0 saturated carbocycles. The summed E-state index contributed by atoms with van der Waals surface area (Å²) in [5.74, 6) is 0.311. The Morgan fingerprint density at radius 2 is 2.19 bits per heavy atom. The Labute approximate surface area is 128 Å². The molecule has 0 spiro atoms. The molecule has 2 heterocycles. The van der Waals surface area contributed by atoms with Crippen LogP contribution >= 0.6 is 11.5 Å². The van der Waals surface area contributed by atoms with Gasteiger partial charge in [0.05, 0.1) is 0 Å². The van der Waals surface area contributed by atoms with Gasteiger partial charge in [-0.2, -0.15) is 0 Å². The fraction of sp³-hybridized carbons (Fsp3) is 0.400. The predicted molar refractivity (Wildman–Crippen MR) is 82.0 cm³/mol. The Morgan fingerprint density at radius 3 is 2.90 bits per heavy atom. The number of nitrogens with one attached hydrogen (secondary N) is 1. The number of rotatable bonds is 4. The number of carbonyl (C=O) groups is 1. The minimum atomic E-state index is -0.123. The highest BCUT2D eigenvalue weighted by molar-refractivity contribution is 7.03. The number of carbonyl (C=O) groups excluding carboxylic acids is 1. The van der Waals surface area contributed by atoms with Crippen molar-refractivity contribution in [2.75, 3.05) is 13.1 Å². The van der Waals surface area contributed by atoms with Crippen molar-refractivity contribution in [1.82, 2.24) is 19.8 Å². The molecule has 0 aliphatic carbocycles. The number of amides is 1. The smallest absolute Gasteiger partial charge is 0.273 e. The van der Waals surface area contributed by atoms with Gasteiger partial charge in [-0.3, -0.25) is 9.69 Å². The van der Waals surface area contributed by atoms with Crippen LogP contribution in [0.2, 0.25) is 0 Å². The van der Waals surface area contributed by atoms with Crippen molar-refractivity contribution in [2.24, 2.45) is 5.92 Å². The van der Waals surface area contributed by atoms with E-state index in [9.17, 15) is 4.79 Å². The monoisotopic (exact) mass is 302 g/mol. The van der Waals surface area contributed by atoms with E-state index in [1.807, 2.05) is 6.07 Å². The SMILES string of the molecule is C[C@@H]1CN(Cc2ccccc2)C[C@H]1NC(=O)c1csnn1. The second-order valence-electron chi connectivity index (χ2n) is 5.53. The molecule has 5 nitrogen and oxygen atoms in total. The largest absolute Gasteiger partial charge is 0.346 e. The van der Waals surface area contributed by atoms with Crippen molar-refractivity contribution in [1.29, 1.82) is 0 Å². The van der Waals surface area contributed by atoms with E-state index < -0.39 is 0 Å². The van der Waals surface area contributed by atoms with Crippen LogP contribution in [0.4, 0.5) is 0 Å². The van der Waals surface area contributed by atoms with Crippen LogP contribution in [0.25, 0.3) is 0 Å². The van der Waals surface area contributed by atoms with Gasteiger partial charge in [0.2, 0.25) is 0 Å². The number of hydrogen-bond acceptors (Lipinski definition) is 5. The van der Waals surface area contributed by atoms with E-state index in [1.54, 1.807) is 5.38 Å². The number of aromatic nitrogens is 2. The summed E-state index contributed by atoms with van der Waals surface area (Å²) in [6.45, 7) is 4.97. The number of benzene rings is 1. The first kappa shape index (κ1) is 14.2. The maximum Gasteiger partial charge on any atom is 0.273 e. The van der Waals surface area contributed by atoms with Gasteiger partial charge >= 0.3 is 0 Å². The second-order valence-corrected chi connectivity index (χ2v) is 6.14. The van der Waals surface area contributed by atoms with Crippen LogP contribution in [0.15, 0.2) is 35.7 Å². The van der Waals surface area contributed by atoms with Gasteiger partial charge in [0.25, 0.3) is 5.91 Å². The first-order chi connectivity index (χ1) is 10.2. The molecule has 1 aliphatic heterocycles. The fourth-order valence-electron chi connectivity index (χ4n) is 2.73. The number of nitrogens with zero attached hydrogens (tertiary/aromatic N) is 3. The first-order valence-electron chi connectivity index (χ1n) is 7.06. The highest BCUT2D eigenvalue weighted by Gasteiger charge is 2.31. The van der Waals surface area contributed by atoms with Crippen molar-refractivity contribution in [3.8, 4) is 0 Å². The average molecular weight is 302 g/mol. The molecule has 1 fully saturated rings. The van der Waals surface area contributed by atoms with Gasteiger partial charge in [0, 0.05) is 31.1 Å². The summed E-state index contributed by atoms with van der Waals surface area (Å²) < 4.78 is 3.73. The molecule has 110 valence electrons. The van der Waals surface area contributed by atoms with Crippen molar-refractivity contribution in [3.05, 3.63) is 47.0 Å². The molecule has 2 aromatic rings. The molecule has 1 N–H and O–H groups in total. The van der Waals surface area contributed by atoms with E-state index >= 15 is 0 Å². The minimum Gasteiger partial charge on any atom is -0.346 e. The van der Waals surface area contributed by atoms with Gasteiger partial charge in [0.1, 0.15) is 0 Å². The van der Waals surface area contributed by atoms with Gasteiger partial charge in [-0.1, -0.05) is 41.7 Å². The highest BCUT2D eigenvalue weighted by atomic mass is 32.1. The topological polar surface area (TPSA) is 58.1 Å². The van der Waals surface area contributed by atoms with E-state index in [-0.39, 0.29) is 11.9 Å². The maximum absolute atomic E-state index is 12.0. The summed E-state index contributed by atoms with van der Waals surface area (Å²) >= 11 is 1.20. The van der Waals surface area contributed by atoms with Gasteiger partial charge in [-0.05, 0) is 23.0 Å². The molecule has 1 amide bonds. The van der Waals surface area contributed by atoms with Gasteiger partial charge < -0.3 is 5.32 Å². The highest BCUT2D eigenvalue weighted by Crippen LogP contribution is 2.19. The van der Waals surface area contributed by atoms with Crippen molar-refractivity contribution < 1.29 is 4.79 Å². The third-order valence-corrected chi connectivity index (χ3v) is 4.35. The van der Waals surface area contributed by atoms with Crippen LogP contribution in [-0.4, -0.2) is 39.5 Å². The zero-order valence-electron chi connectivity index (χ0n) is 11.9. The zero-order valence-corrected chi connectivity index (χ0v) is 12.7. The van der Waals surface area contributed by atoms with Crippen LogP contribution in [0.1, 0.15) is 23.0 Å². The Hall–Kier alpha value is -1.79. The van der Waals surface area contributed by atoms with Crippen molar-refractivity contribution in [2.45, 2.75) is 19.5 Å². The Kier molecular flexibility index (Phi) is 4.26. The summed E-state index contributed by atoms with van der Waals surface area (Å²) in [6.07, 6.45) is 0. The third-order valence-electron chi connectivity index (χ3n) is 3.85. The van der Waals surface area contributed by atoms with Gasteiger partial charge in [0.15, 0.2) is 5.69 Å². The lowest BCUT2D eigenvalue weighted by Crippen LogP contribution is -2.40. The van der Waals surface area contributed by atoms with Gasteiger partial charge in [-0.15, -0.1) is 5.10 Å². The molecule has 21 heavy (non-hydrogen) atoms. The summed E-state index contributed by atoms with van der Waals surface area (Å²) in [5.41, 5.74) is 1.72. The Morgan fingerprint density at radius 1 is 1.38 bits per heavy atom. The molecule has 1 aliphatic rings. The Balaban J connectivity index is 1.57. The molecule has 0 radical (unpaired) electrons. The first-order valence-corrected chi connectivity index (χ1v) is 7.90. The van der Waals surface area contributed by atoms with Crippen LogP contribution < -0.4 is 5.32 Å². The van der Waals surface area contributed by atoms with Crippen LogP contribution in [0, 0.1) is 5.92 Å². The molecular weight excluding hydrogens is 284 g/mol. The van der Waals surface area contributed by atoms with Crippen molar-refractivity contribution in [3.63, 3.8) is 0 Å². The summed E-state index contributed by atoms with van der Waals surface area (Å²) in [7, 11) is 0. The maximum atomic E-state index is 12.0. The van der Waals surface area contributed by atoms with Crippen LogP contribution in [-0.2, 0) is 6.54 Å². The molecule has 1 saturated heterocycles. The summed E-state index contributed by atoms with van der Waals surface area (Å²) in [6, 6.07) is 10.6. The number of hydrogen-bond donors (Lipinski definition) is 1. The fourth-order valence-corrected chi connectivity index (χ4v) is 3.17. The quantitative estimate of drug-likeness (QED) is 0.935. The van der Waals surface area contributed by atoms with Crippen LogP contribution in [0.3, 0.4) is 0 Å². The second kappa shape index (κ2) is 6.32. The zero-order chi connectivity index (χ0) is 14.7. The molecular formula is C15H18N4OS. The van der Waals surface area contributed by atoms with E-state index in [0.717, 1.165) is 19.6 Å². The lowest BCUT2D eigenvalue weighted by atomic mass is 10.1. The molecule has 6 heteroatoms. The van der Waals surface area contributed by atoms with E-state index in [4.69, 9.17) is 0 Å². The summed E-state index contributed by atoms with van der Waals surface area (Å²) in [5, 5.41) is 8.56. The standard InChI is InChI=1S/C15H18N4OS/c1-11-7-19(8-12-5-3-2-4-6-12)9-13(11)16-15(20)14-10-21-18-17-14/h2-6,10-11,13H,7-9H2,1H3,(H,16,20)/t11-,13-/m1/s1. The lowest BCUT2D eigenvalue weighted by molar-refractivity contribution is 0.0926. The molecule has 0 unspecified atom stereocenters. The minimum absolute atomic E-state index is 0.123. The van der Waals surface area contributed by atoms with Crippen molar-refractivity contribution >= 4 is 17.4 Å². The predicted octanol–water partition coefficient (Wildman–Crippen LogP) is 1.79. The molecule has 1 aromatic carbocycles. The lowest BCUT2D eigenvalue weighted by Gasteiger charge is -2.16. The Bertz CT molecular complexity index is 587.